The van der Waals surface area contributed by atoms with E-state index in [0.717, 1.165) is 46.7 Å². The Morgan fingerprint density at radius 1 is 0.970 bits per heavy atom. The molecule has 33 heavy (non-hydrogen) atoms. The number of carbonyl (C=O) groups excluding carboxylic acids is 1. The molecular weight excluding hydrogens is 406 g/mol. The average molecular weight is 442 g/mol. The smallest absolute Gasteiger partial charge is 0.337 e. The first-order chi connectivity index (χ1) is 15.7. The van der Waals surface area contributed by atoms with Crippen molar-refractivity contribution in [1.29, 1.82) is 5.26 Å². The highest BCUT2D eigenvalue weighted by Crippen LogP contribution is 2.45. The molecule has 0 amide bonds. The zero-order valence-electron chi connectivity index (χ0n) is 20.7. The zero-order valence-corrected chi connectivity index (χ0v) is 20.7. The van der Waals surface area contributed by atoms with E-state index in [1.54, 1.807) is 6.07 Å². The van der Waals surface area contributed by atoms with Crippen molar-refractivity contribution in [2.45, 2.75) is 59.3 Å². The fourth-order valence-corrected chi connectivity index (χ4v) is 5.26. The fraction of sp³-hybridized carbons (Fsp3) is 0.400. The average Bonchev–Trinajstić information content (AvgIpc) is 2.81. The SMILES string of the molecule is CCCC(CC(C)C)(c1cc(-c2ccc3cc(C(=O)OC)ccc3c2)ccc1C#N)C(C)C. The summed E-state index contributed by atoms with van der Waals surface area (Å²) in [6.07, 6.45) is 3.21. The minimum absolute atomic E-state index is 0.0315. The van der Waals surface area contributed by atoms with E-state index in [0.29, 0.717) is 17.4 Å². The van der Waals surface area contributed by atoms with Gasteiger partial charge in [0.2, 0.25) is 0 Å². The number of benzene rings is 3. The van der Waals surface area contributed by atoms with Gasteiger partial charge in [-0.2, -0.15) is 5.26 Å². The Hall–Kier alpha value is -3.12. The molecule has 0 heterocycles. The van der Waals surface area contributed by atoms with Gasteiger partial charge in [-0.25, -0.2) is 4.79 Å². The molecule has 0 fully saturated rings. The van der Waals surface area contributed by atoms with E-state index in [1.165, 1.54) is 12.7 Å². The molecule has 3 aromatic carbocycles. The Morgan fingerprint density at radius 2 is 1.61 bits per heavy atom. The van der Waals surface area contributed by atoms with Gasteiger partial charge in [0, 0.05) is 0 Å². The molecule has 0 bridgehead atoms. The molecule has 0 spiro atoms. The second kappa shape index (κ2) is 10.2. The molecule has 0 aliphatic heterocycles. The van der Waals surface area contributed by atoms with Crippen LogP contribution in [0.25, 0.3) is 21.9 Å². The lowest BCUT2D eigenvalue weighted by molar-refractivity contribution is 0.0601. The van der Waals surface area contributed by atoms with Crippen LogP contribution >= 0.6 is 0 Å². The highest BCUT2D eigenvalue weighted by Gasteiger charge is 2.37. The maximum Gasteiger partial charge on any atom is 0.337 e. The second-order valence-electron chi connectivity index (χ2n) is 9.80. The molecule has 3 rings (SSSR count). The van der Waals surface area contributed by atoms with E-state index in [4.69, 9.17) is 4.74 Å². The van der Waals surface area contributed by atoms with Crippen LogP contribution in [0.4, 0.5) is 0 Å². The lowest BCUT2D eigenvalue weighted by Gasteiger charge is -2.41. The molecule has 0 aromatic heterocycles. The number of hydrogen-bond donors (Lipinski definition) is 0. The molecule has 0 aliphatic rings. The molecule has 3 nitrogen and oxygen atoms in total. The molecule has 0 saturated carbocycles. The number of nitrogens with zero attached hydrogens (tertiary/aromatic N) is 1. The van der Waals surface area contributed by atoms with Crippen LogP contribution in [0.15, 0.2) is 54.6 Å². The number of ether oxygens (including phenoxy) is 1. The Bertz CT molecular complexity index is 1190. The van der Waals surface area contributed by atoms with Gasteiger partial charge in [0.1, 0.15) is 0 Å². The van der Waals surface area contributed by atoms with Gasteiger partial charge >= 0.3 is 5.97 Å². The largest absolute Gasteiger partial charge is 0.465 e. The predicted molar refractivity (Wildman–Crippen MR) is 136 cm³/mol. The lowest BCUT2D eigenvalue weighted by Crippen LogP contribution is -2.35. The van der Waals surface area contributed by atoms with Gasteiger partial charge < -0.3 is 4.74 Å². The topological polar surface area (TPSA) is 50.1 Å². The standard InChI is InChI=1S/C30H35NO2/c1-7-14-30(21(4)5,18-20(2)3)28-17-25(11-13-27(28)19-31)23-8-9-24-16-26(29(32)33-6)12-10-22(24)15-23/h8-13,15-17,20-21H,7,14,18H2,1-6H3. The summed E-state index contributed by atoms with van der Waals surface area (Å²) in [5.74, 6) is 0.637. The van der Waals surface area contributed by atoms with Crippen molar-refractivity contribution < 1.29 is 9.53 Å². The second-order valence-corrected chi connectivity index (χ2v) is 9.80. The van der Waals surface area contributed by atoms with Crippen LogP contribution in [-0.4, -0.2) is 13.1 Å². The highest BCUT2D eigenvalue weighted by molar-refractivity contribution is 5.96. The van der Waals surface area contributed by atoms with Crippen molar-refractivity contribution in [2.75, 3.05) is 7.11 Å². The van der Waals surface area contributed by atoms with Crippen molar-refractivity contribution in [3.05, 3.63) is 71.3 Å². The summed E-state index contributed by atoms with van der Waals surface area (Å²) >= 11 is 0. The Labute approximate surface area is 198 Å². The first-order valence-corrected chi connectivity index (χ1v) is 11.9. The highest BCUT2D eigenvalue weighted by atomic mass is 16.5. The summed E-state index contributed by atoms with van der Waals surface area (Å²) in [7, 11) is 1.40. The third-order valence-corrected chi connectivity index (χ3v) is 6.84. The normalized spacial score (nSPS) is 13.2. The van der Waals surface area contributed by atoms with E-state index < -0.39 is 0 Å². The quantitative estimate of drug-likeness (QED) is 0.334. The minimum atomic E-state index is -0.330. The van der Waals surface area contributed by atoms with E-state index in [-0.39, 0.29) is 11.4 Å². The Morgan fingerprint density at radius 3 is 2.21 bits per heavy atom. The van der Waals surface area contributed by atoms with Crippen LogP contribution in [0.5, 0.6) is 0 Å². The molecule has 3 heteroatoms. The molecular formula is C30H35NO2. The first-order valence-electron chi connectivity index (χ1n) is 11.9. The van der Waals surface area contributed by atoms with Gasteiger partial charge in [0.15, 0.2) is 0 Å². The lowest BCUT2D eigenvalue weighted by atomic mass is 9.63. The molecule has 1 atom stereocenters. The molecule has 0 radical (unpaired) electrons. The fourth-order valence-electron chi connectivity index (χ4n) is 5.26. The molecule has 0 aliphatic carbocycles. The maximum atomic E-state index is 11.9. The summed E-state index contributed by atoms with van der Waals surface area (Å²) in [4.78, 5) is 11.9. The van der Waals surface area contributed by atoms with Crippen LogP contribution in [-0.2, 0) is 10.2 Å². The number of rotatable bonds is 8. The van der Waals surface area contributed by atoms with Crippen molar-refractivity contribution in [1.82, 2.24) is 0 Å². The molecule has 0 N–H and O–H groups in total. The van der Waals surface area contributed by atoms with E-state index >= 15 is 0 Å². The Kier molecular flexibility index (Phi) is 7.59. The van der Waals surface area contributed by atoms with Crippen molar-refractivity contribution in [3.8, 4) is 17.2 Å². The molecule has 1 unspecified atom stereocenters. The number of nitriles is 1. The predicted octanol–water partition coefficient (Wildman–Crippen LogP) is 7.91. The molecule has 3 aromatic rings. The van der Waals surface area contributed by atoms with Crippen LogP contribution in [0.1, 0.15) is 75.4 Å². The van der Waals surface area contributed by atoms with E-state index in [2.05, 4.69) is 65.0 Å². The van der Waals surface area contributed by atoms with Crippen molar-refractivity contribution in [2.24, 2.45) is 11.8 Å². The zero-order chi connectivity index (χ0) is 24.2. The number of methoxy groups -OCH3 is 1. The summed E-state index contributed by atoms with van der Waals surface area (Å²) in [6.45, 7) is 11.4. The molecule has 172 valence electrons. The van der Waals surface area contributed by atoms with Crippen LogP contribution in [0.2, 0.25) is 0 Å². The van der Waals surface area contributed by atoms with Crippen molar-refractivity contribution >= 4 is 16.7 Å². The van der Waals surface area contributed by atoms with Crippen LogP contribution in [0.3, 0.4) is 0 Å². The molecule has 0 saturated heterocycles. The number of hydrogen-bond acceptors (Lipinski definition) is 3. The summed E-state index contributed by atoms with van der Waals surface area (Å²) in [5.41, 5.74) is 4.70. The number of fused-ring (bicyclic) bond motifs is 1. The van der Waals surface area contributed by atoms with Gasteiger partial charge in [-0.3, -0.25) is 0 Å². The van der Waals surface area contributed by atoms with Crippen molar-refractivity contribution in [3.63, 3.8) is 0 Å². The van der Waals surface area contributed by atoms with E-state index in [9.17, 15) is 10.1 Å². The van der Waals surface area contributed by atoms with Gasteiger partial charge in [-0.05, 0) is 87.9 Å². The third kappa shape index (κ3) is 4.96. The third-order valence-electron chi connectivity index (χ3n) is 6.84. The summed E-state index contributed by atoms with van der Waals surface area (Å²) in [6, 6.07) is 20.7. The monoisotopic (exact) mass is 441 g/mol. The summed E-state index contributed by atoms with van der Waals surface area (Å²) in [5, 5.41) is 12.0. The van der Waals surface area contributed by atoms with Crippen LogP contribution in [0, 0.1) is 23.2 Å². The number of carbonyl (C=O) groups is 1. The van der Waals surface area contributed by atoms with Gasteiger partial charge in [0.05, 0.1) is 24.3 Å². The van der Waals surface area contributed by atoms with Gasteiger partial charge in [-0.1, -0.05) is 65.3 Å². The Balaban J connectivity index is 2.15. The van der Waals surface area contributed by atoms with E-state index in [1.807, 2.05) is 24.3 Å². The van der Waals surface area contributed by atoms with Gasteiger partial charge in [0.25, 0.3) is 0 Å². The number of esters is 1. The van der Waals surface area contributed by atoms with Crippen LogP contribution < -0.4 is 0 Å². The summed E-state index contributed by atoms with van der Waals surface area (Å²) < 4.78 is 4.85. The maximum absolute atomic E-state index is 11.9. The van der Waals surface area contributed by atoms with Gasteiger partial charge in [-0.15, -0.1) is 0 Å². The first kappa shape index (κ1) is 24.5. The minimum Gasteiger partial charge on any atom is -0.465 e.